The summed E-state index contributed by atoms with van der Waals surface area (Å²) >= 11 is 0. The van der Waals surface area contributed by atoms with Crippen molar-refractivity contribution in [3.8, 4) is 11.9 Å². The molecule has 1 amide bonds. The summed E-state index contributed by atoms with van der Waals surface area (Å²) in [5.74, 6) is -0.935. The van der Waals surface area contributed by atoms with Crippen LogP contribution in [0.2, 0.25) is 0 Å². The Labute approximate surface area is 185 Å². The zero-order valence-corrected chi connectivity index (χ0v) is 18.3. The highest BCUT2D eigenvalue weighted by Crippen LogP contribution is 2.30. The molecule has 1 aliphatic heterocycles. The van der Waals surface area contributed by atoms with Crippen LogP contribution in [0.1, 0.15) is 48.5 Å². The second kappa shape index (κ2) is 9.01. The van der Waals surface area contributed by atoms with Crippen molar-refractivity contribution in [3.63, 3.8) is 0 Å². The van der Waals surface area contributed by atoms with E-state index in [0.29, 0.717) is 5.56 Å². The lowest BCUT2D eigenvalue weighted by atomic mass is 10.0. The molecule has 3 rings (SSSR count). The number of nitrogens with zero attached hydrogens (tertiary/aromatic N) is 5. The van der Waals surface area contributed by atoms with E-state index in [0.717, 1.165) is 0 Å². The molecule has 32 heavy (non-hydrogen) atoms. The maximum Gasteiger partial charge on any atom is 0.258 e. The minimum atomic E-state index is -0.770. The van der Waals surface area contributed by atoms with E-state index >= 15 is 0 Å². The van der Waals surface area contributed by atoms with Gasteiger partial charge in [0, 0.05) is 29.9 Å². The Morgan fingerprint density at radius 2 is 2.12 bits per heavy atom. The zero-order chi connectivity index (χ0) is 23.6. The van der Waals surface area contributed by atoms with Gasteiger partial charge in [0.05, 0.1) is 24.0 Å². The van der Waals surface area contributed by atoms with Crippen LogP contribution in [0.15, 0.2) is 35.1 Å². The number of halogens is 1. The smallest absolute Gasteiger partial charge is 0.258 e. The molecule has 0 saturated carbocycles. The van der Waals surface area contributed by atoms with Crippen molar-refractivity contribution in [2.45, 2.75) is 32.9 Å². The second-order valence-electron chi connectivity index (χ2n) is 7.68. The van der Waals surface area contributed by atoms with E-state index < -0.39 is 11.9 Å². The fourth-order valence-electron chi connectivity index (χ4n) is 3.34. The average molecular weight is 437 g/mol. The molecule has 0 spiro atoms. The van der Waals surface area contributed by atoms with Gasteiger partial charge in [-0.1, -0.05) is 0 Å². The fourth-order valence-corrected chi connectivity index (χ4v) is 3.34. The topological polar surface area (TPSA) is 144 Å². The first kappa shape index (κ1) is 22.7. The quantitative estimate of drug-likeness (QED) is 0.687. The Kier molecular flexibility index (Phi) is 6.39. The number of fused-ring (bicyclic) bond motifs is 3. The number of rotatable bonds is 2. The van der Waals surface area contributed by atoms with Crippen molar-refractivity contribution in [2.24, 2.45) is 10.7 Å². The largest absolute Gasteiger partial charge is 0.467 e. The van der Waals surface area contributed by atoms with Crippen molar-refractivity contribution in [3.05, 3.63) is 52.7 Å². The Morgan fingerprint density at radius 1 is 1.41 bits per heavy atom. The maximum absolute atomic E-state index is 14.0. The predicted molar refractivity (Wildman–Crippen MR) is 118 cm³/mol. The van der Waals surface area contributed by atoms with Gasteiger partial charge in [-0.15, -0.1) is 0 Å². The number of benzene rings is 1. The monoisotopic (exact) mass is 437 g/mol. The molecule has 1 aliphatic rings. The van der Waals surface area contributed by atoms with Crippen molar-refractivity contribution >= 4 is 23.0 Å². The summed E-state index contributed by atoms with van der Waals surface area (Å²) in [6.45, 7) is 5.26. The van der Waals surface area contributed by atoms with E-state index in [1.165, 1.54) is 29.3 Å². The molecule has 2 bridgehead atoms. The molecule has 0 unspecified atom stereocenters. The number of carbonyl (C=O) groups excluding carboxylic acids is 1. The van der Waals surface area contributed by atoms with Gasteiger partial charge >= 0.3 is 0 Å². The summed E-state index contributed by atoms with van der Waals surface area (Å²) in [5.41, 5.74) is 13.6. The van der Waals surface area contributed by atoms with Crippen LogP contribution < -0.4 is 16.2 Å². The number of carbonyl (C=O) groups is 1. The third kappa shape index (κ3) is 4.51. The first-order chi connectivity index (χ1) is 15.1. The third-order valence-electron chi connectivity index (χ3n) is 4.80. The first-order valence-corrected chi connectivity index (χ1v) is 9.93. The number of allylic oxidation sites excluding steroid dienone is 1. The molecule has 1 aromatic carbocycles. The van der Waals surface area contributed by atoms with Gasteiger partial charge < -0.3 is 21.1 Å². The number of amides is 1. The van der Waals surface area contributed by atoms with Crippen LogP contribution in [0.4, 0.5) is 10.2 Å². The minimum Gasteiger partial charge on any atom is -0.467 e. The molecule has 2 heterocycles. The van der Waals surface area contributed by atoms with Gasteiger partial charge in [0.15, 0.2) is 5.82 Å². The number of likely N-dealkylation sites (N-methyl/N-ethyl adjacent to an activating group) is 1. The van der Waals surface area contributed by atoms with Crippen LogP contribution in [0, 0.1) is 17.1 Å². The molecule has 0 aliphatic carbocycles. The highest BCUT2D eigenvalue weighted by Gasteiger charge is 2.26. The number of nitriles is 1. The molecule has 1 aromatic heterocycles. The van der Waals surface area contributed by atoms with Gasteiger partial charge in [0.2, 0.25) is 0 Å². The highest BCUT2D eigenvalue weighted by molar-refractivity contribution is 6.31. The van der Waals surface area contributed by atoms with Crippen LogP contribution in [0.3, 0.4) is 0 Å². The lowest BCUT2D eigenvalue weighted by Gasteiger charge is -2.24. The van der Waals surface area contributed by atoms with E-state index in [2.05, 4.69) is 21.0 Å². The predicted octanol–water partition coefficient (Wildman–Crippen LogP) is 2.47. The standard InChI is InChI=1S/C22H24FN7O2/c1-11(2)28-17(8-24)19-16(25)10-30(4)22(31)14-6-5-13(23)7-15(14)12(3)32-21-20(26)27-9-18(19)29-21/h5-7,9,11-12H,10,25H2,1-4H3,(H2,26,27)/t12-/m1/s1. The number of aliphatic imine (C=N–C) groups is 1. The number of hydrogen-bond donors (Lipinski definition) is 2. The van der Waals surface area contributed by atoms with Crippen LogP contribution in [-0.4, -0.2) is 46.1 Å². The molecule has 0 fully saturated rings. The van der Waals surface area contributed by atoms with E-state index in [1.807, 2.05) is 13.8 Å². The van der Waals surface area contributed by atoms with Crippen LogP contribution >= 0.6 is 0 Å². The molecule has 166 valence electrons. The number of aromatic nitrogens is 2. The van der Waals surface area contributed by atoms with Gasteiger partial charge in [-0.3, -0.25) is 9.79 Å². The summed E-state index contributed by atoms with van der Waals surface area (Å²) in [6.07, 6.45) is 0.595. The first-order valence-electron chi connectivity index (χ1n) is 9.93. The Balaban J connectivity index is 2.29. The maximum atomic E-state index is 14.0. The number of ether oxygens (including phenoxy) is 1. The number of nitrogens with two attached hydrogens (primary N) is 2. The highest BCUT2D eigenvalue weighted by atomic mass is 19.1. The molecule has 4 N–H and O–H groups in total. The zero-order valence-electron chi connectivity index (χ0n) is 18.3. The van der Waals surface area contributed by atoms with E-state index in [4.69, 9.17) is 16.2 Å². The summed E-state index contributed by atoms with van der Waals surface area (Å²) in [6, 6.07) is 5.69. The van der Waals surface area contributed by atoms with Gasteiger partial charge in [-0.2, -0.15) is 5.26 Å². The number of nitrogen functional groups attached to an aromatic ring is 1. The van der Waals surface area contributed by atoms with E-state index in [1.54, 1.807) is 14.0 Å². The van der Waals surface area contributed by atoms with E-state index in [-0.39, 0.29) is 58.4 Å². The fraction of sp³-hybridized carbons (Fsp3) is 0.318. The lowest BCUT2D eigenvalue weighted by Crippen LogP contribution is -2.33. The van der Waals surface area contributed by atoms with Crippen LogP contribution in [0.25, 0.3) is 5.57 Å². The molecule has 0 radical (unpaired) electrons. The van der Waals surface area contributed by atoms with Crippen LogP contribution in [0.5, 0.6) is 5.88 Å². The van der Waals surface area contributed by atoms with Crippen molar-refractivity contribution < 1.29 is 13.9 Å². The second-order valence-corrected chi connectivity index (χ2v) is 7.68. The SMILES string of the molecule is CC(C)N=C(C#N)C1=C(N)CN(C)C(=O)c2ccc(F)cc2[C@@H](C)Oc2nc1cnc2N. The van der Waals surface area contributed by atoms with Crippen molar-refractivity contribution in [1.29, 1.82) is 5.26 Å². The molecular weight excluding hydrogens is 413 g/mol. The molecular formula is C22H24FN7O2. The van der Waals surface area contributed by atoms with Crippen molar-refractivity contribution in [2.75, 3.05) is 19.3 Å². The molecule has 9 nitrogen and oxygen atoms in total. The summed E-state index contributed by atoms with van der Waals surface area (Å²) < 4.78 is 19.9. The van der Waals surface area contributed by atoms with Crippen LogP contribution in [-0.2, 0) is 0 Å². The van der Waals surface area contributed by atoms with Gasteiger partial charge in [0.25, 0.3) is 11.8 Å². The minimum absolute atomic E-state index is 0.00344. The molecule has 2 aromatic rings. The Bertz CT molecular complexity index is 1170. The van der Waals surface area contributed by atoms with Crippen molar-refractivity contribution in [1.82, 2.24) is 14.9 Å². The van der Waals surface area contributed by atoms with E-state index in [9.17, 15) is 14.4 Å². The molecule has 1 atom stereocenters. The van der Waals surface area contributed by atoms with Gasteiger partial charge in [-0.05, 0) is 39.0 Å². The van der Waals surface area contributed by atoms with Gasteiger partial charge in [-0.25, -0.2) is 14.4 Å². The Hall–Kier alpha value is -4.00. The molecule has 10 heteroatoms. The van der Waals surface area contributed by atoms with Gasteiger partial charge in [0.1, 0.15) is 23.7 Å². The lowest BCUT2D eigenvalue weighted by molar-refractivity contribution is 0.0801. The molecule has 0 saturated heterocycles. The normalized spacial score (nSPS) is 17.3. The summed E-state index contributed by atoms with van der Waals surface area (Å²) in [5, 5.41) is 9.74. The average Bonchev–Trinajstić information content (AvgIpc) is 2.73. The summed E-state index contributed by atoms with van der Waals surface area (Å²) in [7, 11) is 1.56. The summed E-state index contributed by atoms with van der Waals surface area (Å²) in [4.78, 5) is 27.5. The number of hydrogen-bond acceptors (Lipinski definition) is 8. The third-order valence-corrected chi connectivity index (χ3v) is 4.80. The Morgan fingerprint density at radius 3 is 2.78 bits per heavy atom. The number of anilines is 1.